The molecule has 0 aromatic carbocycles. The molecule has 1 aliphatic rings. The van der Waals surface area contributed by atoms with Crippen LogP contribution >= 0.6 is 0 Å². The molecule has 0 spiro atoms. The van der Waals surface area contributed by atoms with Crippen molar-refractivity contribution in [3.8, 4) is 0 Å². The summed E-state index contributed by atoms with van der Waals surface area (Å²) in [6, 6.07) is 0. The molecule has 1 saturated heterocycles. The first kappa shape index (κ1) is 15.9. The molecule has 108 valence electrons. The SMILES string of the molecule is CC1(C)OC[C@H]([C@@](C)(O)CCC(O)C(C)(C)O)O1. The van der Waals surface area contributed by atoms with Crippen molar-refractivity contribution in [2.75, 3.05) is 6.61 Å². The molecule has 0 radical (unpaired) electrons. The van der Waals surface area contributed by atoms with Gasteiger partial charge in [-0.15, -0.1) is 0 Å². The Kier molecular flexibility index (Phi) is 4.45. The standard InChI is InChI=1S/C13H26O5/c1-11(2,15)9(14)6-7-13(5,16)10-8-17-12(3,4)18-10/h9-10,14-16H,6-8H2,1-5H3/t9?,10-,13+/m1/s1. The van der Waals surface area contributed by atoms with E-state index in [1.807, 2.05) is 0 Å². The summed E-state index contributed by atoms with van der Waals surface area (Å²) in [7, 11) is 0. The van der Waals surface area contributed by atoms with Gasteiger partial charge in [-0.1, -0.05) is 0 Å². The van der Waals surface area contributed by atoms with Crippen molar-refractivity contribution in [3.05, 3.63) is 0 Å². The van der Waals surface area contributed by atoms with Crippen LogP contribution in [0.4, 0.5) is 0 Å². The van der Waals surface area contributed by atoms with Crippen LogP contribution in [-0.4, -0.2) is 51.1 Å². The minimum Gasteiger partial charge on any atom is -0.390 e. The first-order valence-corrected chi connectivity index (χ1v) is 6.39. The third kappa shape index (κ3) is 4.17. The van der Waals surface area contributed by atoms with Crippen LogP contribution in [0.2, 0.25) is 0 Å². The molecule has 5 heteroatoms. The van der Waals surface area contributed by atoms with Crippen molar-refractivity contribution in [2.24, 2.45) is 0 Å². The fourth-order valence-corrected chi connectivity index (χ4v) is 1.94. The van der Waals surface area contributed by atoms with Gasteiger partial charge in [-0.3, -0.25) is 0 Å². The minimum atomic E-state index is -1.16. The molecule has 0 saturated carbocycles. The second-order valence-corrected chi connectivity index (χ2v) is 6.38. The lowest BCUT2D eigenvalue weighted by atomic mass is 9.88. The van der Waals surface area contributed by atoms with Crippen LogP contribution in [0.3, 0.4) is 0 Å². The third-order valence-corrected chi connectivity index (χ3v) is 3.44. The van der Waals surface area contributed by atoms with Gasteiger partial charge in [0.2, 0.25) is 0 Å². The molecule has 0 aromatic rings. The molecule has 1 rings (SSSR count). The van der Waals surface area contributed by atoms with Gasteiger partial charge in [0.15, 0.2) is 5.79 Å². The lowest BCUT2D eigenvalue weighted by Gasteiger charge is -2.32. The Labute approximate surface area is 109 Å². The van der Waals surface area contributed by atoms with E-state index in [0.717, 1.165) is 0 Å². The maximum atomic E-state index is 10.4. The van der Waals surface area contributed by atoms with Gasteiger partial charge < -0.3 is 24.8 Å². The summed E-state index contributed by atoms with van der Waals surface area (Å²) in [4.78, 5) is 0. The van der Waals surface area contributed by atoms with Gasteiger partial charge in [-0.25, -0.2) is 0 Å². The van der Waals surface area contributed by atoms with Crippen molar-refractivity contribution in [1.29, 1.82) is 0 Å². The largest absolute Gasteiger partial charge is 0.390 e. The Hall–Kier alpha value is -0.200. The Bertz CT molecular complexity index is 280. The van der Waals surface area contributed by atoms with E-state index < -0.39 is 29.2 Å². The predicted molar refractivity (Wildman–Crippen MR) is 67.1 cm³/mol. The zero-order valence-electron chi connectivity index (χ0n) is 11.9. The van der Waals surface area contributed by atoms with Crippen molar-refractivity contribution < 1.29 is 24.8 Å². The fourth-order valence-electron chi connectivity index (χ4n) is 1.94. The van der Waals surface area contributed by atoms with Crippen LogP contribution in [-0.2, 0) is 9.47 Å². The summed E-state index contributed by atoms with van der Waals surface area (Å²) < 4.78 is 11.0. The molecule has 1 heterocycles. The third-order valence-electron chi connectivity index (χ3n) is 3.44. The summed E-state index contributed by atoms with van der Waals surface area (Å²) in [5.41, 5.74) is -2.25. The first-order valence-electron chi connectivity index (χ1n) is 6.39. The molecule has 1 aliphatic heterocycles. The number of hydrogen-bond acceptors (Lipinski definition) is 5. The Morgan fingerprint density at radius 1 is 1.28 bits per heavy atom. The maximum Gasteiger partial charge on any atom is 0.163 e. The average molecular weight is 262 g/mol. The van der Waals surface area contributed by atoms with Crippen LogP contribution < -0.4 is 0 Å². The van der Waals surface area contributed by atoms with Gasteiger partial charge in [0.25, 0.3) is 0 Å². The van der Waals surface area contributed by atoms with E-state index in [9.17, 15) is 15.3 Å². The summed E-state index contributed by atoms with van der Waals surface area (Å²) in [6.07, 6.45) is -0.653. The molecule has 0 aliphatic carbocycles. The van der Waals surface area contributed by atoms with Gasteiger partial charge in [-0.05, 0) is 47.5 Å². The highest BCUT2D eigenvalue weighted by Gasteiger charge is 2.43. The zero-order chi connectivity index (χ0) is 14.2. The van der Waals surface area contributed by atoms with Crippen LogP contribution in [0, 0.1) is 0 Å². The van der Waals surface area contributed by atoms with Crippen molar-refractivity contribution in [2.45, 2.75) is 76.7 Å². The number of hydrogen-bond donors (Lipinski definition) is 3. The molecule has 0 aromatic heterocycles. The van der Waals surface area contributed by atoms with Crippen LogP contribution in [0.1, 0.15) is 47.5 Å². The maximum absolute atomic E-state index is 10.4. The number of ether oxygens (including phenoxy) is 2. The van der Waals surface area contributed by atoms with E-state index in [-0.39, 0.29) is 0 Å². The highest BCUT2D eigenvalue weighted by atomic mass is 16.7. The summed E-state index contributed by atoms with van der Waals surface area (Å²) in [5.74, 6) is -0.677. The molecular formula is C13H26O5. The second-order valence-electron chi connectivity index (χ2n) is 6.38. The van der Waals surface area contributed by atoms with Gasteiger partial charge in [0, 0.05) is 0 Å². The van der Waals surface area contributed by atoms with Crippen LogP contribution in [0.5, 0.6) is 0 Å². The summed E-state index contributed by atoms with van der Waals surface area (Å²) >= 11 is 0. The lowest BCUT2D eigenvalue weighted by Crippen LogP contribution is -2.44. The summed E-state index contributed by atoms with van der Waals surface area (Å²) in [5, 5.41) is 29.8. The van der Waals surface area contributed by atoms with Crippen LogP contribution in [0.25, 0.3) is 0 Å². The van der Waals surface area contributed by atoms with E-state index in [2.05, 4.69) is 0 Å². The van der Waals surface area contributed by atoms with Crippen molar-refractivity contribution in [3.63, 3.8) is 0 Å². The van der Waals surface area contributed by atoms with Gasteiger partial charge in [-0.2, -0.15) is 0 Å². The fraction of sp³-hybridized carbons (Fsp3) is 1.00. The minimum absolute atomic E-state index is 0.302. The first-order chi connectivity index (χ1) is 7.94. The van der Waals surface area contributed by atoms with Crippen molar-refractivity contribution in [1.82, 2.24) is 0 Å². The van der Waals surface area contributed by atoms with Gasteiger partial charge in [0.1, 0.15) is 6.10 Å². The van der Waals surface area contributed by atoms with Crippen LogP contribution in [0.15, 0.2) is 0 Å². The zero-order valence-corrected chi connectivity index (χ0v) is 11.9. The van der Waals surface area contributed by atoms with Crippen molar-refractivity contribution >= 4 is 0 Å². The predicted octanol–water partition coefficient (Wildman–Crippen LogP) is 0.801. The van der Waals surface area contributed by atoms with Gasteiger partial charge in [0.05, 0.1) is 23.9 Å². The highest BCUT2D eigenvalue weighted by Crippen LogP contribution is 2.32. The number of aliphatic hydroxyl groups excluding tert-OH is 1. The van der Waals surface area contributed by atoms with E-state index in [4.69, 9.17) is 9.47 Å². The average Bonchev–Trinajstić information content (AvgIpc) is 2.54. The molecular weight excluding hydrogens is 236 g/mol. The number of rotatable bonds is 5. The Balaban J connectivity index is 2.50. The smallest absolute Gasteiger partial charge is 0.163 e. The van der Waals surface area contributed by atoms with E-state index in [1.165, 1.54) is 0 Å². The Morgan fingerprint density at radius 3 is 2.22 bits per heavy atom. The monoisotopic (exact) mass is 262 g/mol. The molecule has 3 N–H and O–H groups in total. The Morgan fingerprint density at radius 2 is 1.83 bits per heavy atom. The topological polar surface area (TPSA) is 79.2 Å². The van der Waals surface area contributed by atoms with E-state index >= 15 is 0 Å². The lowest BCUT2D eigenvalue weighted by molar-refractivity contribution is -0.170. The quantitative estimate of drug-likeness (QED) is 0.683. The molecule has 1 fully saturated rings. The normalized spacial score (nSPS) is 29.0. The molecule has 18 heavy (non-hydrogen) atoms. The highest BCUT2D eigenvalue weighted by molar-refractivity contribution is 4.89. The second kappa shape index (κ2) is 5.06. The number of aliphatic hydroxyl groups is 3. The molecule has 0 amide bonds. The van der Waals surface area contributed by atoms with E-state index in [1.54, 1.807) is 34.6 Å². The summed E-state index contributed by atoms with van der Waals surface area (Å²) in [6.45, 7) is 8.69. The molecule has 3 atom stereocenters. The van der Waals surface area contributed by atoms with E-state index in [0.29, 0.717) is 19.4 Å². The molecule has 0 bridgehead atoms. The molecule has 1 unspecified atom stereocenters. The molecule has 5 nitrogen and oxygen atoms in total. The van der Waals surface area contributed by atoms with Gasteiger partial charge >= 0.3 is 0 Å².